The van der Waals surface area contributed by atoms with E-state index in [1.165, 1.54) is 0 Å². The Bertz CT molecular complexity index is 489. The van der Waals surface area contributed by atoms with Gasteiger partial charge in [0.15, 0.2) is 0 Å². The van der Waals surface area contributed by atoms with E-state index in [2.05, 4.69) is 11.5 Å². The highest BCUT2D eigenvalue weighted by atomic mass is 16.7. The highest BCUT2D eigenvalue weighted by Gasteiger charge is 2.39. The number of carbonyl (C=O) groups is 1. The van der Waals surface area contributed by atoms with Gasteiger partial charge < -0.3 is 0 Å². The van der Waals surface area contributed by atoms with Crippen LogP contribution in [0.3, 0.4) is 0 Å². The summed E-state index contributed by atoms with van der Waals surface area (Å²) in [6.45, 7) is 5.43. The molecule has 0 saturated carbocycles. The second-order valence-electron chi connectivity index (χ2n) is 5.77. The zero-order valence-corrected chi connectivity index (χ0v) is 12.3. The molecular formula is C17H22N2O2. The molecule has 0 spiro atoms. The first-order chi connectivity index (χ1) is 10.3. The summed E-state index contributed by atoms with van der Waals surface area (Å²) < 4.78 is 0. The molecule has 0 N–H and O–H groups in total. The molecule has 0 radical (unpaired) electrons. The summed E-state index contributed by atoms with van der Waals surface area (Å²) in [5, 5.41) is 1.55. The highest BCUT2D eigenvalue weighted by Crippen LogP contribution is 2.28. The molecule has 4 heteroatoms. The average molecular weight is 286 g/mol. The molecule has 2 saturated heterocycles. The van der Waals surface area contributed by atoms with Gasteiger partial charge in [-0.2, -0.15) is 0 Å². The Morgan fingerprint density at radius 1 is 1.38 bits per heavy atom. The smallest absolute Gasteiger partial charge is 0.251 e. The number of fused-ring (bicyclic) bond motifs is 2. The van der Waals surface area contributed by atoms with E-state index >= 15 is 0 Å². The summed E-state index contributed by atoms with van der Waals surface area (Å²) in [6, 6.07) is 10.2. The van der Waals surface area contributed by atoms with Gasteiger partial charge in [0.2, 0.25) is 0 Å². The van der Waals surface area contributed by atoms with Crippen molar-refractivity contribution in [2.24, 2.45) is 0 Å². The number of carbonyl (C=O) groups excluding carboxylic acids is 1. The Hall–Kier alpha value is -1.65. The molecule has 2 heterocycles. The molecule has 0 aromatic heterocycles. The minimum Gasteiger partial charge on any atom is -0.278 e. The predicted octanol–water partition coefficient (Wildman–Crippen LogP) is 2.37. The summed E-state index contributed by atoms with van der Waals surface area (Å²) in [4.78, 5) is 20.7. The topological polar surface area (TPSA) is 32.8 Å². The fourth-order valence-electron chi connectivity index (χ4n) is 3.22. The SMILES string of the molecule is C=CCC1C2CCCN1CN(C(=O)Cc1ccccc1)O2. The molecule has 1 aromatic carbocycles. The van der Waals surface area contributed by atoms with Crippen LogP contribution < -0.4 is 0 Å². The molecule has 1 amide bonds. The fourth-order valence-corrected chi connectivity index (χ4v) is 3.22. The zero-order valence-electron chi connectivity index (χ0n) is 12.3. The van der Waals surface area contributed by atoms with Crippen LogP contribution in [0.2, 0.25) is 0 Å². The third kappa shape index (κ3) is 3.17. The van der Waals surface area contributed by atoms with Crippen molar-refractivity contribution in [3.63, 3.8) is 0 Å². The van der Waals surface area contributed by atoms with E-state index in [0.717, 1.165) is 31.4 Å². The Kier molecular flexibility index (Phi) is 4.36. The summed E-state index contributed by atoms with van der Waals surface area (Å²) in [7, 11) is 0. The van der Waals surface area contributed by atoms with Gasteiger partial charge in [0, 0.05) is 12.6 Å². The number of piperidine rings is 1. The maximum atomic E-state index is 12.4. The number of hydrogen-bond donors (Lipinski definition) is 0. The number of amides is 1. The first-order valence-corrected chi connectivity index (χ1v) is 7.64. The second-order valence-corrected chi connectivity index (χ2v) is 5.77. The summed E-state index contributed by atoms with van der Waals surface area (Å²) >= 11 is 0. The molecule has 21 heavy (non-hydrogen) atoms. The standard InChI is InChI=1S/C17H22N2O2/c1-2-7-15-16-10-6-11-18(15)13-19(21-16)17(20)12-14-8-4-3-5-9-14/h2-5,8-9,15-16H,1,6-7,10-13H2. The van der Waals surface area contributed by atoms with Crippen molar-refractivity contribution in [2.75, 3.05) is 13.2 Å². The lowest BCUT2D eigenvalue weighted by Crippen LogP contribution is -2.61. The molecule has 112 valence electrons. The number of nitrogens with zero attached hydrogens (tertiary/aromatic N) is 2. The van der Waals surface area contributed by atoms with Crippen molar-refractivity contribution in [1.82, 2.24) is 9.96 Å². The van der Waals surface area contributed by atoms with Crippen LogP contribution in [-0.2, 0) is 16.1 Å². The van der Waals surface area contributed by atoms with Crippen LogP contribution >= 0.6 is 0 Å². The molecule has 2 fully saturated rings. The highest BCUT2D eigenvalue weighted by molar-refractivity contribution is 5.77. The van der Waals surface area contributed by atoms with E-state index in [1.54, 1.807) is 5.06 Å². The Morgan fingerprint density at radius 3 is 2.90 bits per heavy atom. The van der Waals surface area contributed by atoms with Crippen molar-refractivity contribution in [3.05, 3.63) is 48.6 Å². The van der Waals surface area contributed by atoms with Crippen molar-refractivity contribution < 1.29 is 9.63 Å². The largest absolute Gasteiger partial charge is 0.278 e. The molecule has 3 unspecified atom stereocenters. The number of benzene rings is 1. The lowest BCUT2D eigenvalue weighted by Gasteiger charge is -2.48. The molecule has 3 rings (SSSR count). The minimum atomic E-state index is 0.0372. The lowest BCUT2D eigenvalue weighted by molar-refractivity contribution is -0.272. The van der Waals surface area contributed by atoms with Gasteiger partial charge in [-0.05, 0) is 24.8 Å². The van der Waals surface area contributed by atoms with Crippen LogP contribution in [0.15, 0.2) is 43.0 Å². The lowest BCUT2D eigenvalue weighted by atomic mass is 9.96. The summed E-state index contributed by atoms with van der Waals surface area (Å²) in [5.41, 5.74) is 1.03. The number of rotatable bonds is 4. The van der Waals surface area contributed by atoms with Crippen LogP contribution in [0.1, 0.15) is 24.8 Å². The van der Waals surface area contributed by atoms with Crippen LogP contribution in [-0.4, -0.2) is 41.2 Å². The molecule has 2 bridgehead atoms. The first kappa shape index (κ1) is 14.3. The molecular weight excluding hydrogens is 264 g/mol. The molecule has 1 aromatic rings. The van der Waals surface area contributed by atoms with E-state index < -0.39 is 0 Å². The first-order valence-electron chi connectivity index (χ1n) is 7.64. The van der Waals surface area contributed by atoms with E-state index in [0.29, 0.717) is 19.1 Å². The molecule has 2 aliphatic rings. The molecule has 0 aliphatic carbocycles. The van der Waals surface area contributed by atoms with Gasteiger partial charge in [-0.3, -0.25) is 14.5 Å². The third-order valence-electron chi connectivity index (χ3n) is 4.29. The second kappa shape index (κ2) is 6.41. The quantitative estimate of drug-likeness (QED) is 0.797. The van der Waals surface area contributed by atoms with Gasteiger partial charge in [0.25, 0.3) is 5.91 Å². The monoisotopic (exact) mass is 286 g/mol. The van der Waals surface area contributed by atoms with Gasteiger partial charge >= 0.3 is 0 Å². The number of hydroxylamine groups is 2. The van der Waals surface area contributed by atoms with Crippen molar-refractivity contribution >= 4 is 5.91 Å². The van der Waals surface area contributed by atoms with Crippen LogP contribution in [0.4, 0.5) is 0 Å². The Morgan fingerprint density at radius 2 is 2.19 bits per heavy atom. The van der Waals surface area contributed by atoms with Gasteiger partial charge in [-0.1, -0.05) is 36.4 Å². The van der Waals surface area contributed by atoms with E-state index in [9.17, 15) is 4.79 Å². The minimum absolute atomic E-state index is 0.0372. The third-order valence-corrected chi connectivity index (χ3v) is 4.29. The maximum absolute atomic E-state index is 12.4. The Labute approximate surface area is 125 Å². The fraction of sp³-hybridized carbons (Fsp3) is 0.471. The van der Waals surface area contributed by atoms with Crippen LogP contribution in [0.25, 0.3) is 0 Å². The Balaban J connectivity index is 1.65. The van der Waals surface area contributed by atoms with Gasteiger partial charge in [0.1, 0.15) is 12.8 Å². The maximum Gasteiger partial charge on any atom is 0.251 e. The van der Waals surface area contributed by atoms with Crippen LogP contribution in [0, 0.1) is 0 Å². The van der Waals surface area contributed by atoms with Crippen LogP contribution in [0.5, 0.6) is 0 Å². The molecule has 4 nitrogen and oxygen atoms in total. The molecule has 3 atom stereocenters. The van der Waals surface area contributed by atoms with E-state index in [4.69, 9.17) is 4.84 Å². The van der Waals surface area contributed by atoms with Crippen molar-refractivity contribution in [3.8, 4) is 0 Å². The van der Waals surface area contributed by atoms with E-state index in [-0.39, 0.29) is 12.0 Å². The van der Waals surface area contributed by atoms with Crippen molar-refractivity contribution in [1.29, 1.82) is 0 Å². The number of hydrogen-bond acceptors (Lipinski definition) is 3. The summed E-state index contributed by atoms with van der Waals surface area (Å²) in [5.74, 6) is 0.0372. The van der Waals surface area contributed by atoms with Gasteiger partial charge in [-0.15, -0.1) is 6.58 Å². The van der Waals surface area contributed by atoms with E-state index in [1.807, 2.05) is 36.4 Å². The zero-order chi connectivity index (χ0) is 14.7. The predicted molar refractivity (Wildman–Crippen MR) is 81.3 cm³/mol. The summed E-state index contributed by atoms with van der Waals surface area (Å²) in [6.07, 6.45) is 5.54. The molecule has 2 aliphatic heterocycles. The normalized spacial score (nSPS) is 28.2. The van der Waals surface area contributed by atoms with Gasteiger partial charge in [0.05, 0.1) is 6.42 Å². The van der Waals surface area contributed by atoms with Gasteiger partial charge in [-0.25, -0.2) is 5.06 Å². The average Bonchev–Trinajstić information content (AvgIpc) is 2.48. The van der Waals surface area contributed by atoms with Crippen molar-refractivity contribution in [2.45, 2.75) is 37.8 Å².